The van der Waals surface area contributed by atoms with E-state index in [0.717, 1.165) is 10.0 Å². The van der Waals surface area contributed by atoms with Crippen molar-refractivity contribution in [3.8, 4) is 0 Å². The molecule has 0 saturated heterocycles. The summed E-state index contributed by atoms with van der Waals surface area (Å²) in [7, 11) is 0. The van der Waals surface area contributed by atoms with Crippen LogP contribution in [0.25, 0.3) is 0 Å². The average molecular weight is 286 g/mol. The van der Waals surface area contributed by atoms with Crippen molar-refractivity contribution in [2.75, 3.05) is 0 Å². The Kier molecular flexibility index (Phi) is 3.98. The number of rotatable bonds is 2. The highest BCUT2D eigenvalue weighted by Gasteiger charge is 2.23. The summed E-state index contributed by atoms with van der Waals surface area (Å²) >= 11 is 3.45. The largest absolute Gasteiger partial charge is 0.324 e. The molecule has 1 unspecified atom stereocenters. The van der Waals surface area contributed by atoms with Crippen molar-refractivity contribution in [3.05, 3.63) is 34.1 Å². The molecule has 88 valence electrons. The lowest BCUT2D eigenvalue weighted by atomic mass is 9.81. The smallest absolute Gasteiger partial charge is 0.123 e. The van der Waals surface area contributed by atoms with E-state index < -0.39 is 0 Å². The van der Waals surface area contributed by atoms with Crippen molar-refractivity contribution in [3.63, 3.8) is 0 Å². The minimum absolute atomic E-state index is 0.0367. The molecule has 0 bridgehead atoms. The summed E-state index contributed by atoms with van der Waals surface area (Å²) in [6.45, 7) is 0. The molecule has 2 rings (SSSR count). The summed E-state index contributed by atoms with van der Waals surface area (Å²) in [6.07, 6.45) is 6.17. The molecule has 2 N–H and O–H groups in total. The van der Waals surface area contributed by atoms with Gasteiger partial charge in [0.1, 0.15) is 5.82 Å². The molecule has 1 fully saturated rings. The highest BCUT2D eigenvalue weighted by molar-refractivity contribution is 9.10. The highest BCUT2D eigenvalue weighted by Crippen LogP contribution is 2.35. The molecule has 0 spiro atoms. The summed E-state index contributed by atoms with van der Waals surface area (Å²) in [5, 5.41) is 0. The molecular formula is C13H17BrFN. The van der Waals surface area contributed by atoms with Gasteiger partial charge in [-0.25, -0.2) is 4.39 Å². The first-order chi connectivity index (χ1) is 7.68. The van der Waals surface area contributed by atoms with Crippen LogP contribution in [0.5, 0.6) is 0 Å². The summed E-state index contributed by atoms with van der Waals surface area (Å²) in [5.41, 5.74) is 7.15. The van der Waals surface area contributed by atoms with E-state index in [1.807, 2.05) is 0 Å². The summed E-state index contributed by atoms with van der Waals surface area (Å²) in [6, 6.07) is 4.73. The van der Waals surface area contributed by atoms with Crippen molar-refractivity contribution < 1.29 is 4.39 Å². The first-order valence-electron chi connectivity index (χ1n) is 5.89. The maximum Gasteiger partial charge on any atom is 0.123 e. The second kappa shape index (κ2) is 5.28. The van der Waals surface area contributed by atoms with Gasteiger partial charge in [0.25, 0.3) is 0 Å². The highest BCUT2D eigenvalue weighted by atomic mass is 79.9. The molecule has 1 aromatic rings. The average Bonchev–Trinajstić information content (AvgIpc) is 2.32. The fraction of sp³-hybridized carbons (Fsp3) is 0.538. The van der Waals surface area contributed by atoms with Gasteiger partial charge in [0.15, 0.2) is 0 Å². The van der Waals surface area contributed by atoms with Gasteiger partial charge in [-0.2, -0.15) is 0 Å². The third-order valence-electron chi connectivity index (χ3n) is 3.47. The molecule has 0 amide bonds. The molecule has 1 aliphatic carbocycles. The van der Waals surface area contributed by atoms with Gasteiger partial charge < -0.3 is 5.73 Å². The molecule has 1 nitrogen and oxygen atoms in total. The molecule has 1 atom stereocenters. The third kappa shape index (κ3) is 2.64. The predicted octanol–water partition coefficient (Wildman–Crippen LogP) is 4.17. The Morgan fingerprint density at radius 2 is 1.94 bits per heavy atom. The topological polar surface area (TPSA) is 26.0 Å². The molecular weight excluding hydrogens is 269 g/mol. The maximum absolute atomic E-state index is 13.2. The van der Waals surface area contributed by atoms with Gasteiger partial charge in [-0.05, 0) is 42.5 Å². The minimum Gasteiger partial charge on any atom is -0.324 e. The van der Waals surface area contributed by atoms with E-state index in [0.29, 0.717) is 5.92 Å². The Hall–Kier alpha value is -0.410. The van der Waals surface area contributed by atoms with E-state index in [-0.39, 0.29) is 11.9 Å². The first-order valence-corrected chi connectivity index (χ1v) is 6.68. The summed E-state index contributed by atoms with van der Waals surface area (Å²) < 4.78 is 14.1. The normalized spacial score (nSPS) is 19.7. The van der Waals surface area contributed by atoms with Crippen molar-refractivity contribution in [2.45, 2.75) is 38.1 Å². The third-order valence-corrected chi connectivity index (χ3v) is 4.20. The fourth-order valence-electron chi connectivity index (χ4n) is 2.52. The van der Waals surface area contributed by atoms with Crippen molar-refractivity contribution in [2.24, 2.45) is 11.7 Å². The molecule has 3 heteroatoms. The van der Waals surface area contributed by atoms with Gasteiger partial charge in [0.05, 0.1) is 0 Å². The van der Waals surface area contributed by atoms with Crippen LogP contribution in [0.15, 0.2) is 22.7 Å². The molecule has 0 aliphatic heterocycles. The van der Waals surface area contributed by atoms with E-state index >= 15 is 0 Å². The predicted molar refractivity (Wildman–Crippen MR) is 67.6 cm³/mol. The number of hydrogen-bond donors (Lipinski definition) is 1. The Balaban J connectivity index is 2.18. The van der Waals surface area contributed by atoms with E-state index in [2.05, 4.69) is 15.9 Å². The van der Waals surface area contributed by atoms with Crippen LogP contribution in [-0.4, -0.2) is 0 Å². The Morgan fingerprint density at radius 1 is 1.25 bits per heavy atom. The summed E-state index contributed by atoms with van der Waals surface area (Å²) in [4.78, 5) is 0. The van der Waals surface area contributed by atoms with Crippen molar-refractivity contribution >= 4 is 15.9 Å². The van der Waals surface area contributed by atoms with Crippen LogP contribution < -0.4 is 5.73 Å². The van der Waals surface area contributed by atoms with Crippen LogP contribution in [0.4, 0.5) is 4.39 Å². The van der Waals surface area contributed by atoms with E-state index in [1.54, 1.807) is 12.1 Å². The standard InChI is InChI=1S/C13H17BrFN/c14-12-7-6-10(15)8-11(12)13(16)9-4-2-1-3-5-9/h6-9,13H,1-5,16H2. The molecule has 1 saturated carbocycles. The zero-order valence-electron chi connectivity index (χ0n) is 9.26. The van der Waals surface area contributed by atoms with Crippen LogP contribution in [0.1, 0.15) is 43.7 Å². The molecule has 0 radical (unpaired) electrons. The Morgan fingerprint density at radius 3 is 2.62 bits per heavy atom. The van der Waals surface area contributed by atoms with Crippen LogP contribution in [0, 0.1) is 11.7 Å². The van der Waals surface area contributed by atoms with Gasteiger partial charge in [-0.3, -0.25) is 0 Å². The molecule has 16 heavy (non-hydrogen) atoms. The fourth-order valence-corrected chi connectivity index (χ4v) is 3.03. The zero-order chi connectivity index (χ0) is 11.5. The van der Waals surface area contributed by atoms with Gasteiger partial charge in [0, 0.05) is 10.5 Å². The number of halogens is 2. The van der Waals surface area contributed by atoms with Crippen LogP contribution in [0.3, 0.4) is 0 Å². The SMILES string of the molecule is NC(c1cc(F)ccc1Br)C1CCCCC1. The number of benzene rings is 1. The van der Waals surface area contributed by atoms with Crippen LogP contribution in [-0.2, 0) is 0 Å². The molecule has 1 aromatic carbocycles. The Bertz CT molecular complexity index is 361. The lowest BCUT2D eigenvalue weighted by Gasteiger charge is -2.28. The monoisotopic (exact) mass is 285 g/mol. The van der Waals surface area contributed by atoms with Gasteiger partial charge in [-0.15, -0.1) is 0 Å². The second-order valence-electron chi connectivity index (χ2n) is 4.59. The summed E-state index contributed by atoms with van der Waals surface area (Å²) in [5.74, 6) is 0.302. The minimum atomic E-state index is -0.204. The van der Waals surface area contributed by atoms with Gasteiger partial charge >= 0.3 is 0 Å². The maximum atomic E-state index is 13.2. The Labute approximate surface area is 104 Å². The van der Waals surface area contributed by atoms with E-state index in [4.69, 9.17) is 5.73 Å². The lowest BCUT2D eigenvalue weighted by molar-refractivity contribution is 0.307. The zero-order valence-corrected chi connectivity index (χ0v) is 10.8. The van der Waals surface area contributed by atoms with Crippen molar-refractivity contribution in [1.29, 1.82) is 0 Å². The van der Waals surface area contributed by atoms with Crippen LogP contribution >= 0.6 is 15.9 Å². The molecule has 0 heterocycles. The number of hydrogen-bond acceptors (Lipinski definition) is 1. The van der Waals surface area contributed by atoms with Crippen molar-refractivity contribution in [1.82, 2.24) is 0 Å². The van der Waals surface area contributed by atoms with Crippen LogP contribution in [0.2, 0.25) is 0 Å². The molecule has 1 aliphatic rings. The van der Waals surface area contributed by atoms with E-state index in [9.17, 15) is 4.39 Å². The first kappa shape index (κ1) is 12.1. The van der Waals surface area contributed by atoms with Gasteiger partial charge in [0.2, 0.25) is 0 Å². The van der Waals surface area contributed by atoms with Gasteiger partial charge in [-0.1, -0.05) is 35.2 Å². The lowest BCUT2D eigenvalue weighted by Crippen LogP contribution is -2.24. The number of nitrogens with two attached hydrogens (primary N) is 1. The quantitative estimate of drug-likeness (QED) is 0.867. The van der Waals surface area contributed by atoms with E-state index in [1.165, 1.54) is 38.2 Å². The molecule has 0 aromatic heterocycles. The second-order valence-corrected chi connectivity index (χ2v) is 5.44.